The summed E-state index contributed by atoms with van der Waals surface area (Å²) in [5, 5.41) is 1.17. The second kappa shape index (κ2) is 6.05. The van der Waals surface area contributed by atoms with Crippen molar-refractivity contribution in [2.45, 2.75) is 40.5 Å². The van der Waals surface area contributed by atoms with Crippen LogP contribution in [0.25, 0.3) is 0 Å². The van der Waals surface area contributed by atoms with Crippen molar-refractivity contribution in [3.05, 3.63) is 0 Å². The van der Waals surface area contributed by atoms with E-state index in [1.54, 1.807) is 0 Å². The summed E-state index contributed by atoms with van der Waals surface area (Å²) < 4.78 is 0. The van der Waals surface area contributed by atoms with Crippen molar-refractivity contribution in [2.24, 2.45) is 17.8 Å². The quantitative estimate of drug-likeness (QED) is 0.613. The predicted octanol–water partition coefficient (Wildman–Crippen LogP) is 4.09. The van der Waals surface area contributed by atoms with Gasteiger partial charge in [-0.1, -0.05) is 43.6 Å². The van der Waals surface area contributed by atoms with Crippen molar-refractivity contribution in [3.63, 3.8) is 0 Å². The van der Waals surface area contributed by atoms with Crippen LogP contribution in [-0.4, -0.2) is 5.33 Å². The van der Waals surface area contributed by atoms with Crippen LogP contribution >= 0.6 is 15.9 Å². The molecule has 1 heteroatoms. The van der Waals surface area contributed by atoms with Gasteiger partial charge in [0.2, 0.25) is 0 Å². The molecule has 0 atom stereocenters. The monoisotopic (exact) mass is 220 g/mol. The van der Waals surface area contributed by atoms with E-state index in [4.69, 9.17) is 0 Å². The van der Waals surface area contributed by atoms with Crippen LogP contribution in [0.4, 0.5) is 0 Å². The highest BCUT2D eigenvalue weighted by molar-refractivity contribution is 9.09. The minimum atomic E-state index is 0.844. The predicted molar refractivity (Wildman–Crippen MR) is 56.2 cm³/mol. The van der Waals surface area contributed by atoms with Crippen LogP contribution in [0.1, 0.15) is 40.5 Å². The summed E-state index contributed by atoms with van der Waals surface area (Å²) in [7, 11) is 0. The SMILES string of the molecule is CC(C)CC(CBr)CC(C)C. The third kappa shape index (κ3) is 6.86. The molecule has 11 heavy (non-hydrogen) atoms. The minimum absolute atomic E-state index is 0.844. The molecule has 0 N–H and O–H groups in total. The van der Waals surface area contributed by atoms with Gasteiger partial charge in [-0.2, -0.15) is 0 Å². The maximum Gasteiger partial charge on any atom is 0.00598 e. The van der Waals surface area contributed by atoms with E-state index in [9.17, 15) is 0 Å². The van der Waals surface area contributed by atoms with E-state index >= 15 is 0 Å². The highest BCUT2D eigenvalue weighted by Crippen LogP contribution is 2.21. The van der Waals surface area contributed by atoms with Crippen molar-refractivity contribution in [1.29, 1.82) is 0 Å². The van der Waals surface area contributed by atoms with Gasteiger partial charge in [-0.15, -0.1) is 0 Å². The number of hydrogen-bond acceptors (Lipinski definition) is 0. The average Bonchev–Trinajstić information content (AvgIpc) is 1.84. The fourth-order valence-corrected chi connectivity index (χ4v) is 2.08. The lowest BCUT2D eigenvalue weighted by molar-refractivity contribution is 0.375. The Morgan fingerprint density at radius 3 is 1.45 bits per heavy atom. The summed E-state index contributed by atoms with van der Waals surface area (Å²) in [4.78, 5) is 0. The van der Waals surface area contributed by atoms with E-state index in [1.807, 2.05) is 0 Å². The van der Waals surface area contributed by atoms with Gasteiger partial charge in [0.05, 0.1) is 0 Å². The van der Waals surface area contributed by atoms with E-state index in [1.165, 1.54) is 18.2 Å². The van der Waals surface area contributed by atoms with Crippen LogP contribution in [-0.2, 0) is 0 Å². The Hall–Kier alpha value is 0.480. The summed E-state index contributed by atoms with van der Waals surface area (Å²) in [6, 6.07) is 0. The molecule has 0 saturated carbocycles. The summed E-state index contributed by atoms with van der Waals surface area (Å²) >= 11 is 3.57. The van der Waals surface area contributed by atoms with Gasteiger partial charge >= 0.3 is 0 Å². The Labute approximate surface area is 79.9 Å². The van der Waals surface area contributed by atoms with Crippen LogP contribution in [0.2, 0.25) is 0 Å². The molecule has 0 spiro atoms. The topological polar surface area (TPSA) is 0 Å². The van der Waals surface area contributed by atoms with Crippen LogP contribution in [0, 0.1) is 17.8 Å². The first-order valence-corrected chi connectivity index (χ1v) is 5.74. The third-order valence-electron chi connectivity index (χ3n) is 1.83. The fraction of sp³-hybridized carbons (Fsp3) is 1.00. The largest absolute Gasteiger partial charge is 0.0925 e. The lowest BCUT2D eigenvalue weighted by Crippen LogP contribution is -2.09. The second-order valence-electron chi connectivity index (χ2n) is 4.28. The first-order valence-electron chi connectivity index (χ1n) is 4.62. The Balaban J connectivity index is 3.58. The molecule has 0 saturated heterocycles. The maximum atomic E-state index is 3.57. The summed E-state index contributed by atoms with van der Waals surface area (Å²) in [5.74, 6) is 2.57. The molecule has 0 radical (unpaired) electrons. The van der Waals surface area contributed by atoms with Gasteiger partial charge in [0.15, 0.2) is 0 Å². The van der Waals surface area contributed by atoms with Crippen molar-refractivity contribution >= 4 is 15.9 Å². The zero-order chi connectivity index (χ0) is 8.85. The van der Waals surface area contributed by atoms with Gasteiger partial charge in [0.25, 0.3) is 0 Å². The average molecular weight is 221 g/mol. The molecule has 68 valence electrons. The fourth-order valence-electron chi connectivity index (χ4n) is 1.56. The zero-order valence-electron chi connectivity index (χ0n) is 8.23. The van der Waals surface area contributed by atoms with Crippen molar-refractivity contribution in [1.82, 2.24) is 0 Å². The van der Waals surface area contributed by atoms with E-state index in [0.717, 1.165) is 17.8 Å². The molecule has 0 aromatic rings. The van der Waals surface area contributed by atoms with Crippen molar-refractivity contribution in [3.8, 4) is 0 Å². The molecule has 0 aliphatic rings. The molecule has 0 aromatic heterocycles. The Morgan fingerprint density at radius 2 is 1.27 bits per heavy atom. The Bertz CT molecular complexity index is 76.9. The number of hydrogen-bond donors (Lipinski definition) is 0. The highest BCUT2D eigenvalue weighted by atomic mass is 79.9. The van der Waals surface area contributed by atoms with Crippen molar-refractivity contribution < 1.29 is 0 Å². The molecule has 0 nitrogen and oxygen atoms in total. The highest BCUT2D eigenvalue weighted by Gasteiger charge is 2.10. The van der Waals surface area contributed by atoms with Gasteiger partial charge in [-0.3, -0.25) is 0 Å². The molecule has 0 amide bonds. The zero-order valence-corrected chi connectivity index (χ0v) is 9.82. The lowest BCUT2D eigenvalue weighted by Gasteiger charge is -2.18. The molecule has 0 heterocycles. The van der Waals surface area contributed by atoms with Gasteiger partial charge in [0.1, 0.15) is 0 Å². The van der Waals surface area contributed by atoms with Crippen LogP contribution in [0.5, 0.6) is 0 Å². The van der Waals surface area contributed by atoms with Crippen molar-refractivity contribution in [2.75, 3.05) is 5.33 Å². The molecule has 0 bridgehead atoms. The van der Waals surface area contributed by atoms with Gasteiger partial charge in [-0.25, -0.2) is 0 Å². The smallest absolute Gasteiger partial charge is 0.00598 e. The van der Waals surface area contributed by atoms with Gasteiger partial charge < -0.3 is 0 Å². The first kappa shape index (κ1) is 11.5. The number of halogens is 1. The summed E-state index contributed by atoms with van der Waals surface area (Å²) in [6.45, 7) is 9.21. The van der Waals surface area contributed by atoms with Gasteiger partial charge in [0, 0.05) is 5.33 Å². The summed E-state index contributed by atoms with van der Waals surface area (Å²) in [6.07, 6.45) is 2.73. The standard InChI is InChI=1S/C10H21Br/c1-8(2)5-10(7-11)6-9(3)4/h8-10H,5-7H2,1-4H3. The molecule has 0 aliphatic carbocycles. The van der Waals surface area contributed by atoms with Crippen LogP contribution in [0.15, 0.2) is 0 Å². The molecule has 0 unspecified atom stereocenters. The molecule has 0 fully saturated rings. The molecular weight excluding hydrogens is 200 g/mol. The Kier molecular flexibility index (Phi) is 6.31. The van der Waals surface area contributed by atoms with E-state index < -0.39 is 0 Å². The molecule has 0 aromatic carbocycles. The molecule has 0 aliphatic heterocycles. The van der Waals surface area contributed by atoms with E-state index in [-0.39, 0.29) is 0 Å². The van der Waals surface area contributed by atoms with E-state index in [2.05, 4.69) is 43.6 Å². The maximum absolute atomic E-state index is 3.57. The lowest BCUT2D eigenvalue weighted by atomic mass is 9.91. The van der Waals surface area contributed by atoms with E-state index in [0.29, 0.717) is 0 Å². The molecule has 0 rings (SSSR count). The first-order chi connectivity index (χ1) is 5.06. The third-order valence-corrected chi connectivity index (χ3v) is 2.74. The normalized spacial score (nSPS) is 12.0. The van der Waals surface area contributed by atoms with Gasteiger partial charge in [-0.05, 0) is 30.6 Å². The Morgan fingerprint density at radius 1 is 0.909 bits per heavy atom. The summed E-state index contributed by atoms with van der Waals surface area (Å²) in [5.41, 5.74) is 0. The number of alkyl halides is 1. The second-order valence-corrected chi connectivity index (χ2v) is 4.93. The number of rotatable bonds is 5. The molecular formula is C10H21Br. The van der Waals surface area contributed by atoms with Crippen LogP contribution < -0.4 is 0 Å². The van der Waals surface area contributed by atoms with Crippen LogP contribution in [0.3, 0.4) is 0 Å². The minimum Gasteiger partial charge on any atom is -0.0925 e.